The maximum absolute atomic E-state index is 12.0. The lowest BCUT2D eigenvalue weighted by Gasteiger charge is -2.33. The van der Waals surface area contributed by atoms with Crippen molar-refractivity contribution in [2.45, 2.75) is 60.3 Å². The van der Waals surface area contributed by atoms with Crippen LogP contribution >= 0.6 is 0 Å². The van der Waals surface area contributed by atoms with E-state index in [2.05, 4.69) is 46.8 Å². The molecule has 0 bridgehead atoms. The number of nitrogens with zero attached hydrogens (tertiary/aromatic N) is 1. The molecule has 1 aromatic carbocycles. The Labute approximate surface area is 142 Å². The Hall–Kier alpha value is -1.51. The molecule has 0 atom stereocenters. The zero-order valence-electron chi connectivity index (χ0n) is 15.9. The molecule has 0 aromatic heterocycles. The molecule has 1 amide bonds. The molecule has 0 N–H and O–H groups in total. The number of ether oxygens (including phenoxy) is 1. The molecular weight excluding hydrogens is 286 g/mol. The average Bonchev–Trinajstić information content (AvgIpc) is 2.44. The molecule has 23 heavy (non-hydrogen) atoms. The number of hydrogen-bond acceptors (Lipinski definition) is 2. The normalized spacial score (nSPS) is 12.1. The van der Waals surface area contributed by atoms with Gasteiger partial charge in [0.2, 0.25) is 0 Å². The van der Waals surface area contributed by atoms with Crippen LogP contribution in [0.5, 0.6) is 5.75 Å². The van der Waals surface area contributed by atoms with Crippen molar-refractivity contribution in [1.29, 1.82) is 0 Å². The fourth-order valence-electron chi connectivity index (χ4n) is 3.24. The molecule has 0 unspecified atom stereocenters. The van der Waals surface area contributed by atoms with Crippen LogP contribution in [-0.4, -0.2) is 30.5 Å². The Morgan fingerprint density at radius 1 is 1.00 bits per heavy atom. The van der Waals surface area contributed by atoms with Gasteiger partial charge in [-0.2, -0.15) is 0 Å². The van der Waals surface area contributed by atoms with Crippen molar-refractivity contribution in [2.75, 3.05) is 19.7 Å². The number of hydrogen-bond donors (Lipinski definition) is 0. The minimum absolute atomic E-state index is 0.0344. The summed E-state index contributed by atoms with van der Waals surface area (Å²) in [6, 6.07) is 8.16. The largest absolute Gasteiger partial charge is 0.484 e. The first-order valence-electron chi connectivity index (χ1n) is 8.60. The molecule has 0 heterocycles. The van der Waals surface area contributed by atoms with E-state index in [0.717, 1.165) is 25.3 Å². The first-order valence-corrected chi connectivity index (χ1v) is 8.60. The number of amides is 1. The van der Waals surface area contributed by atoms with Gasteiger partial charge in [-0.3, -0.25) is 4.79 Å². The van der Waals surface area contributed by atoms with Gasteiger partial charge < -0.3 is 9.64 Å². The minimum Gasteiger partial charge on any atom is -0.484 e. The maximum Gasteiger partial charge on any atom is 0.260 e. The van der Waals surface area contributed by atoms with Crippen LogP contribution in [0.25, 0.3) is 0 Å². The summed E-state index contributed by atoms with van der Waals surface area (Å²) in [4.78, 5) is 13.7. The third kappa shape index (κ3) is 6.25. The van der Waals surface area contributed by atoms with Crippen molar-refractivity contribution >= 4 is 5.91 Å². The lowest BCUT2D eigenvalue weighted by Crippen LogP contribution is -2.34. The highest BCUT2D eigenvalue weighted by molar-refractivity contribution is 5.77. The predicted molar refractivity (Wildman–Crippen MR) is 97.0 cm³/mol. The van der Waals surface area contributed by atoms with Crippen LogP contribution in [0.1, 0.15) is 60.5 Å². The van der Waals surface area contributed by atoms with Crippen LogP contribution in [0, 0.1) is 5.41 Å². The molecule has 130 valence electrons. The molecule has 0 aliphatic heterocycles. The van der Waals surface area contributed by atoms with Gasteiger partial charge >= 0.3 is 0 Å². The van der Waals surface area contributed by atoms with E-state index < -0.39 is 0 Å². The molecule has 0 spiro atoms. The van der Waals surface area contributed by atoms with Crippen LogP contribution in [0.4, 0.5) is 0 Å². The van der Waals surface area contributed by atoms with E-state index in [-0.39, 0.29) is 23.3 Å². The maximum atomic E-state index is 12.0. The summed E-state index contributed by atoms with van der Waals surface area (Å²) in [6.07, 6.45) is 1.11. The highest BCUT2D eigenvalue weighted by Crippen LogP contribution is 2.36. The van der Waals surface area contributed by atoms with Crippen molar-refractivity contribution in [2.24, 2.45) is 5.41 Å². The van der Waals surface area contributed by atoms with Crippen molar-refractivity contribution in [3.8, 4) is 5.75 Å². The van der Waals surface area contributed by atoms with Crippen LogP contribution in [0.15, 0.2) is 24.3 Å². The molecule has 0 saturated heterocycles. The van der Waals surface area contributed by atoms with Gasteiger partial charge in [0.15, 0.2) is 6.61 Å². The summed E-state index contributed by atoms with van der Waals surface area (Å²) < 4.78 is 5.63. The van der Waals surface area contributed by atoms with Gasteiger partial charge in [-0.05, 0) is 48.8 Å². The predicted octanol–water partition coefficient (Wildman–Crippen LogP) is 4.65. The minimum atomic E-state index is 0.0344. The SMILES string of the molecule is CCN(CC)C(=O)COc1ccc(C(C)(C)CC(C)(C)C)cc1. The molecule has 0 radical (unpaired) electrons. The Bertz CT molecular complexity index is 493. The number of carbonyl (C=O) groups excluding carboxylic acids is 1. The molecule has 0 saturated carbocycles. The fourth-order valence-corrected chi connectivity index (χ4v) is 3.24. The molecule has 0 fully saturated rings. The summed E-state index contributed by atoms with van der Waals surface area (Å²) in [6.45, 7) is 16.9. The van der Waals surface area contributed by atoms with E-state index in [9.17, 15) is 4.79 Å². The molecule has 1 aromatic rings. The Balaban J connectivity index is 2.68. The third-order valence-corrected chi connectivity index (χ3v) is 4.09. The Kier molecular flexibility index (Phi) is 6.67. The molecular formula is C20H33NO2. The highest BCUT2D eigenvalue weighted by Gasteiger charge is 2.27. The van der Waals surface area contributed by atoms with Crippen LogP contribution in [0.3, 0.4) is 0 Å². The second-order valence-electron chi connectivity index (χ2n) is 8.00. The van der Waals surface area contributed by atoms with Gasteiger partial charge in [-0.1, -0.05) is 46.8 Å². The van der Waals surface area contributed by atoms with E-state index in [1.54, 1.807) is 4.90 Å². The number of benzene rings is 1. The topological polar surface area (TPSA) is 29.5 Å². The van der Waals surface area contributed by atoms with Crippen LogP contribution in [0.2, 0.25) is 0 Å². The quantitative estimate of drug-likeness (QED) is 0.732. The van der Waals surface area contributed by atoms with Crippen molar-refractivity contribution in [1.82, 2.24) is 4.90 Å². The fraction of sp³-hybridized carbons (Fsp3) is 0.650. The molecule has 3 heteroatoms. The molecule has 3 nitrogen and oxygen atoms in total. The summed E-state index contributed by atoms with van der Waals surface area (Å²) in [7, 11) is 0. The first-order chi connectivity index (χ1) is 10.6. The van der Waals surface area contributed by atoms with E-state index in [1.165, 1.54) is 5.56 Å². The first kappa shape index (κ1) is 19.5. The highest BCUT2D eigenvalue weighted by atomic mass is 16.5. The second-order valence-corrected chi connectivity index (χ2v) is 8.00. The zero-order valence-corrected chi connectivity index (χ0v) is 15.9. The van der Waals surface area contributed by atoms with Gasteiger partial charge in [-0.25, -0.2) is 0 Å². The second kappa shape index (κ2) is 7.85. The van der Waals surface area contributed by atoms with E-state index in [0.29, 0.717) is 0 Å². The summed E-state index contributed by atoms with van der Waals surface area (Å²) in [5.74, 6) is 0.785. The van der Waals surface area contributed by atoms with Gasteiger partial charge in [0.25, 0.3) is 5.91 Å². The van der Waals surface area contributed by atoms with Gasteiger partial charge in [-0.15, -0.1) is 0 Å². The number of likely N-dealkylation sites (N-methyl/N-ethyl adjacent to an activating group) is 1. The molecule has 1 rings (SSSR count). The van der Waals surface area contributed by atoms with E-state index in [4.69, 9.17) is 4.74 Å². The number of carbonyl (C=O) groups is 1. The third-order valence-electron chi connectivity index (χ3n) is 4.09. The van der Waals surface area contributed by atoms with Crippen molar-refractivity contribution < 1.29 is 9.53 Å². The lowest BCUT2D eigenvalue weighted by molar-refractivity contribution is -0.132. The Morgan fingerprint density at radius 2 is 1.52 bits per heavy atom. The summed E-state index contributed by atoms with van der Waals surface area (Å²) in [5.41, 5.74) is 1.71. The summed E-state index contributed by atoms with van der Waals surface area (Å²) in [5, 5.41) is 0. The van der Waals surface area contributed by atoms with E-state index >= 15 is 0 Å². The standard InChI is InChI=1S/C20H33NO2/c1-8-21(9-2)18(22)14-23-17-12-10-16(11-13-17)20(6,7)15-19(3,4)5/h10-13H,8-9,14-15H2,1-7H3. The van der Waals surface area contributed by atoms with Gasteiger partial charge in [0, 0.05) is 13.1 Å². The zero-order chi connectivity index (χ0) is 17.7. The van der Waals surface area contributed by atoms with Crippen molar-refractivity contribution in [3.63, 3.8) is 0 Å². The lowest BCUT2D eigenvalue weighted by atomic mass is 9.72. The van der Waals surface area contributed by atoms with E-state index in [1.807, 2.05) is 26.0 Å². The van der Waals surface area contributed by atoms with Gasteiger partial charge in [0.1, 0.15) is 5.75 Å². The monoisotopic (exact) mass is 319 g/mol. The number of rotatable bonds is 7. The summed E-state index contributed by atoms with van der Waals surface area (Å²) >= 11 is 0. The van der Waals surface area contributed by atoms with Crippen LogP contribution in [-0.2, 0) is 10.2 Å². The van der Waals surface area contributed by atoms with Crippen LogP contribution < -0.4 is 4.74 Å². The van der Waals surface area contributed by atoms with Gasteiger partial charge in [0.05, 0.1) is 0 Å². The van der Waals surface area contributed by atoms with Crippen molar-refractivity contribution in [3.05, 3.63) is 29.8 Å². The average molecular weight is 319 g/mol. The molecule has 0 aliphatic rings. The smallest absolute Gasteiger partial charge is 0.260 e. The Morgan fingerprint density at radius 3 is 1.96 bits per heavy atom. The molecule has 0 aliphatic carbocycles.